The summed E-state index contributed by atoms with van der Waals surface area (Å²) in [4.78, 5) is 15.8. The molecule has 0 aliphatic carbocycles. The summed E-state index contributed by atoms with van der Waals surface area (Å²) in [6.07, 6.45) is 3.35. The molecule has 0 saturated carbocycles. The van der Waals surface area contributed by atoms with Gasteiger partial charge in [0.15, 0.2) is 5.69 Å². The molecule has 3 heterocycles. The van der Waals surface area contributed by atoms with Crippen LogP contribution in [-0.2, 0) is 0 Å². The molecule has 8 heteroatoms. The second kappa shape index (κ2) is 5.17. The Morgan fingerprint density at radius 3 is 2.80 bits per heavy atom. The Balaban J connectivity index is 1.76. The van der Waals surface area contributed by atoms with Gasteiger partial charge >= 0.3 is 0 Å². The molecule has 0 radical (unpaired) electrons. The lowest BCUT2D eigenvalue weighted by atomic mass is 10.3. The summed E-state index contributed by atoms with van der Waals surface area (Å²) in [5, 5.41) is 15.3. The maximum absolute atomic E-state index is 11.9. The Kier molecular flexibility index (Phi) is 3.21. The maximum Gasteiger partial charge on any atom is 0.279 e. The van der Waals surface area contributed by atoms with Crippen LogP contribution in [0.1, 0.15) is 16.2 Å². The Hall–Kier alpha value is -2.61. The zero-order valence-electron chi connectivity index (χ0n) is 10.4. The monoisotopic (exact) mass is 287 g/mol. The van der Waals surface area contributed by atoms with E-state index < -0.39 is 0 Å². The molecule has 0 bridgehead atoms. The smallest absolute Gasteiger partial charge is 0.279 e. The number of nitrogens with zero attached hydrogens (tertiary/aromatic N) is 4. The van der Waals surface area contributed by atoms with E-state index in [9.17, 15) is 4.79 Å². The summed E-state index contributed by atoms with van der Waals surface area (Å²) in [6.45, 7) is 1.72. The second-order valence-electron chi connectivity index (χ2n) is 3.93. The molecule has 0 spiro atoms. The van der Waals surface area contributed by atoms with Gasteiger partial charge in [0.25, 0.3) is 5.91 Å². The van der Waals surface area contributed by atoms with Crippen LogP contribution in [0.2, 0.25) is 0 Å². The van der Waals surface area contributed by atoms with E-state index >= 15 is 0 Å². The molecule has 1 amide bonds. The summed E-state index contributed by atoms with van der Waals surface area (Å²) in [6, 6.07) is 5.21. The van der Waals surface area contributed by atoms with Crippen molar-refractivity contribution >= 4 is 22.4 Å². The van der Waals surface area contributed by atoms with Crippen molar-refractivity contribution in [3.05, 3.63) is 42.0 Å². The van der Waals surface area contributed by atoms with Crippen LogP contribution in [0, 0.1) is 6.92 Å². The van der Waals surface area contributed by atoms with Gasteiger partial charge in [-0.05, 0) is 19.1 Å². The minimum absolute atomic E-state index is 0.211. The third kappa shape index (κ3) is 2.54. The first-order chi connectivity index (χ1) is 9.72. The highest BCUT2D eigenvalue weighted by Crippen LogP contribution is 2.25. The number of pyridine rings is 1. The number of amides is 1. The normalized spacial score (nSPS) is 10.4. The Bertz CT molecular complexity index is 737. The fourth-order valence-electron chi connectivity index (χ4n) is 1.52. The minimum Gasteiger partial charge on any atom is -0.361 e. The van der Waals surface area contributed by atoms with Gasteiger partial charge < -0.3 is 4.52 Å². The molecule has 0 saturated heterocycles. The van der Waals surface area contributed by atoms with Gasteiger partial charge in [-0.3, -0.25) is 15.1 Å². The first-order valence-corrected chi connectivity index (χ1v) is 6.52. The maximum atomic E-state index is 11.9. The van der Waals surface area contributed by atoms with Gasteiger partial charge in [0.2, 0.25) is 5.13 Å². The van der Waals surface area contributed by atoms with E-state index in [1.165, 1.54) is 11.3 Å². The van der Waals surface area contributed by atoms with Gasteiger partial charge in [-0.1, -0.05) is 16.5 Å². The molecule has 3 aromatic rings. The standard InChI is InChI=1S/C12H9N5O2S/c1-7-6-9(17-19-7)10(18)14-12-16-15-11(20-12)8-2-4-13-5-3-8/h2-6H,1H3,(H,14,16,18). The van der Waals surface area contributed by atoms with Gasteiger partial charge in [-0.2, -0.15) is 0 Å². The number of hydrogen-bond acceptors (Lipinski definition) is 7. The molecule has 1 N–H and O–H groups in total. The van der Waals surface area contributed by atoms with Crippen molar-refractivity contribution in [1.82, 2.24) is 20.3 Å². The van der Waals surface area contributed by atoms with Crippen LogP contribution in [0.5, 0.6) is 0 Å². The largest absolute Gasteiger partial charge is 0.361 e. The minimum atomic E-state index is -0.376. The van der Waals surface area contributed by atoms with Crippen molar-refractivity contribution in [2.24, 2.45) is 0 Å². The van der Waals surface area contributed by atoms with Crippen LogP contribution >= 0.6 is 11.3 Å². The Morgan fingerprint density at radius 2 is 2.10 bits per heavy atom. The van der Waals surface area contributed by atoms with E-state index in [2.05, 4.69) is 25.7 Å². The van der Waals surface area contributed by atoms with E-state index in [-0.39, 0.29) is 11.6 Å². The zero-order valence-corrected chi connectivity index (χ0v) is 11.2. The number of aryl methyl sites for hydroxylation is 1. The van der Waals surface area contributed by atoms with Crippen molar-refractivity contribution in [2.45, 2.75) is 6.92 Å². The lowest BCUT2D eigenvalue weighted by Gasteiger charge is -1.95. The molecule has 0 aromatic carbocycles. The topological polar surface area (TPSA) is 93.8 Å². The van der Waals surface area contributed by atoms with Crippen LogP contribution in [-0.4, -0.2) is 26.2 Å². The van der Waals surface area contributed by atoms with Crippen LogP contribution in [0.4, 0.5) is 5.13 Å². The van der Waals surface area contributed by atoms with Crippen molar-refractivity contribution in [3.8, 4) is 10.6 Å². The zero-order chi connectivity index (χ0) is 13.9. The molecule has 3 rings (SSSR count). The first-order valence-electron chi connectivity index (χ1n) is 5.71. The molecule has 0 atom stereocenters. The fourth-order valence-corrected chi connectivity index (χ4v) is 2.26. The number of carbonyl (C=O) groups is 1. The lowest BCUT2D eigenvalue weighted by Crippen LogP contribution is -2.11. The molecular weight excluding hydrogens is 278 g/mol. The van der Waals surface area contributed by atoms with E-state index in [0.29, 0.717) is 15.9 Å². The van der Waals surface area contributed by atoms with Crippen LogP contribution in [0.3, 0.4) is 0 Å². The number of rotatable bonds is 3. The predicted molar refractivity (Wildman–Crippen MR) is 72.3 cm³/mol. The van der Waals surface area contributed by atoms with Crippen LogP contribution in [0.15, 0.2) is 35.1 Å². The van der Waals surface area contributed by atoms with Gasteiger partial charge in [0.1, 0.15) is 10.8 Å². The molecule has 20 heavy (non-hydrogen) atoms. The lowest BCUT2D eigenvalue weighted by molar-refractivity contribution is 0.101. The summed E-state index contributed by atoms with van der Waals surface area (Å²) in [7, 11) is 0. The van der Waals surface area contributed by atoms with E-state index in [4.69, 9.17) is 4.52 Å². The third-order valence-corrected chi connectivity index (χ3v) is 3.32. The number of anilines is 1. The molecule has 0 fully saturated rings. The molecule has 0 unspecified atom stereocenters. The van der Waals surface area contributed by atoms with Gasteiger partial charge in [-0.15, -0.1) is 10.2 Å². The van der Waals surface area contributed by atoms with E-state index in [1.54, 1.807) is 25.4 Å². The average Bonchev–Trinajstić information content (AvgIpc) is 3.09. The average molecular weight is 287 g/mol. The van der Waals surface area contributed by atoms with E-state index in [1.807, 2.05) is 12.1 Å². The Labute approximate surface area is 117 Å². The second-order valence-corrected chi connectivity index (χ2v) is 4.90. The van der Waals surface area contributed by atoms with Gasteiger partial charge in [0.05, 0.1) is 0 Å². The molecule has 3 aromatic heterocycles. The van der Waals surface area contributed by atoms with Crippen molar-refractivity contribution in [3.63, 3.8) is 0 Å². The van der Waals surface area contributed by atoms with E-state index in [0.717, 1.165) is 5.56 Å². The van der Waals surface area contributed by atoms with Crippen LogP contribution < -0.4 is 5.32 Å². The fraction of sp³-hybridized carbons (Fsp3) is 0.0833. The van der Waals surface area contributed by atoms with Crippen molar-refractivity contribution in [2.75, 3.05) is 5.32 Å². The summed E-state index contributed by atoms with van der Waals surface area (Å²) >= 11 is 1.28. The highest BCUT2D eigenvalue weighted by molar-refractivity contribution is 7.18. The molecule has 0 aliphatic rings. The molecule has 7 nitrogen and oxygen atoms in total. The SMILES string of the molecule is Cc1cc(C(=O)Nc2nnc(-c3ccncc3)s2)no1. The van der Waals surface area contributed by atoms with Crippen molar-refractivity contribution in [1.29, 1.82) is 0 Å². The summed E-state index contributed by atoms with van der Waals surface area (Å²) in [5.74, 6) is 0.198. The first kappa shape index (κ1) is 12.4. The van der Waals surface area contributed by atoms with Gasteiger partial charge in [0, 0.05) is 24.0 Å². The number of hydrogen-bond donors (Lipinski definition) is 1. The third-order valence-electron chi connectivity index (χ3n) is 2.43. The van der Waals surface area contributed by atoms with Crippen molar-refractivity contribution < 1.29 is 9.32 Å². The highest BCUT2D eigenvalue weighted by atomic mass is 32.1. The quantitative estimate of drug-likeness (QED) is 0.793. The number of nitrogens with one attached hydrogen (secondary N) is 1. The molecule has 0 aliphatic heterocycles. The Morgan fingerprint density at radius 1 is 1.30 bits per heavy atom. The summed E-state index contributed by atoms with van der Waals surface area (Å²) < 4.78 is 4.85. The number of carbonyl (C=O) groups excluding carboxylic acids is 1. The molecular formula is C12H9N5O2S. The molecule has 100 valence electrons. The summed E-state index contributed by atoms with van der Waals surface area (Å²) in [5.41, 5.74) is 1.11. The number of aromatic nitrogens is 4. The van der Waals surface area contributed by atoms with Crippen LogP contribution in [0.25, 0.3) is 10.6 Å². The van der Waals surface area contributed by atoms with Gasteiger partial charge in [-0.25, -0.2) is 0 Å². The highest BCUT2D eigenvalue weighted by Gasteiger charge is 2.14. The predicted octanol–water partition coefficient (Wildman–Crippen LogP) is 2.15.